The first kappa shape index (κ1) is 35.9. The number of esters is 4. The molecule has 3 fully saturated rings. The second kappa shape index (κ2) is 16.5. The molecule has 13 nitrogen and oxygen atoms in total. The molecule has 0 spiro atoms. The molecule has 0 bridgehead atoms. The first-order chi connectivity index (χ1) is 25.9. The third-order valence-corrected chi connectivity index (χ3v) is 8.90. The molecule has 7 rings (SSSR count). The van der Waals surface area contributed by atoms with Crippen LogP contribution in [-0.2, 0) is 42.6 Å². The minimum Gasteiger partial charge on any atom is -0.459 e. The summed E-state index contributed by atoms with van der Waals surface area (Å²) in [6.45, 7) is -0.402. The van der Waals surface area contributed by atoms with Crippen LogP contribution < -0.4 is 0 Å². The summed E-state index contributed by atoms with van der Waals surface area (Å²) in [4.78, 5) is 52.8. The van der Waals surface area contributed by atoms with E-state index in [2.05, 4.69) is 0 Å². The number of epoxide rings is 1. The van der Waals surface area contributed by atoms with E-state index >= 15 is 0 Å². The number of fused-ring (bicyclic) bond motifs is 1. The highest BCUT2D eigenvalue weighted by molar-refractivity contribution is 5.91. The Kier molecular flexibility index (Phi) is 11.2. The van der Waals surface area contributed by atoms with E-state index in [0.717, 1.165) is 0 Å². The predicted octanol–water partition coefficient (Wildman–Crippen LogP) is 4.40. The largest absolute Gasteiger partial charge is 0.459 e. The molecule has 0 N–H and O–H groups in total. The van der Waals surface area contributed by atoms with Crippen molar-refractivity contribution in [2.45, 2.75) is 55.3 Å². The molecule has 1 unspecified atom stereocenters. The molecule has 0 aliphatic carbocycles. The molecule has 3 saturated heterocycles. The number of benzene rings is 4. The van der Waals surface area contributed by atoms with Crippen molar-refractivity contribution in [3.8, 4) is 0 Å². The molecule has 53 heavy (non-hydrogen) atoms. The van der Waals surface area contributed by atoms with E-state index in [1.54, 1.807) is 121 Å². The van der Waals surface area contributed by atoms with Crippen molar-refractivity contribution in [3.63, 3.8) is 0 Å². The smallest absolute Gasteiger partial charge is 0.338 e. The Balaban J connectivity index is 1.11. The van der Waals surface area contributed by atoms with Crippen molar-refractivity contribution in [1.29, 1.82) is 0 Å². The van der Waals surface area contributed by atoms with Crippen molar-refractivity contribution < 1.29 is 61.8 Å². The van der Waals surface area contributed by atoms with Crippen LogP contribution in [0, 0.1) is 0 Å². The van der Waals surface area contributed by atoms with Crippen LogP contribution >= 0.6 is 0 Å². The fourth-order valence-electron chi connectivity index (χ4n) is 6.16. The molecule has 4 aromatic rings. The number of hydrogen-bond acceptors (Lipinski definition) is 13. The lowest BCUT2D eigenvalue weighted by atomic mass is 10.0. The Morgan fingerprint density at radius 3 is 1.58 bits per heavy atom. The molecular weight excluding hydrogens is 688 g/mol. The number of ether oxygens (including phenoxy) is 9. The van der Waals surface area contributed by atoms with Gasteiger partial charge in [0.2, 0.25) is 0 Å². The third-order valence-electron chi connectivity index (χ3n) is 8.90. The maximum atomic E-state index is 13.5. The summed E-state index contributed by atoms with van der Waals surface area (Å²) in [6.07, 6.45) is -8.75. The van der Waals surface area contributed by atoms with Gasteiger partial charge in [-0.2, -0.15) is 0 Å². The van der Waals surface area contributed by atoms with Crippen molar-refractivity contribution in [1.82, 2.24) is 0 Å². The summed E-state index contributed by atoms with van der Waals surface area (Å²) >= 11 is 0. The molecule has 0 amide bonds. The normalized spacial score (nSPS) is 26.1. The highest BCUT2D eigenvalue weighted by atomic mass is 16.8. The zero-order chi connectivity index (χ0) is 36.7. The Labute approximate surface area is 304 Å². The van der Waals surface area contributed by atoms with E-state index in [1.165, 1.54) is 7.11 Å². The van der Waals surface area contributed by atoms with Crippen LogP contribution in [0.15, 0.2) is 121 Å². The molecule has 0 saturated carbocycles. The van der Waals surface area contributed by atoms with Crippen molar-refractivity contribution in [2.75, 3.05) is 20.3 Å². The molecule has 4 aromatic carbocycles. The lowest BCUT2D eigenvalue weighted by Gasteiger charge is -2.29. The monoisotopic (exact) mass is 724 g/mol. The molecular formula is C40H36O13. The maximum absolute atomic E-state index is 13.5. The van der Waals surface area contributed by atoms with Crippen LogP contribution in [0.5, 0.6) is 0 Å². The van der Waals surface area contributed by atoms with Crippen LogP contribution in [-0.4, -0.2) is 99.5 Å². The van der Waals surface area contributed by atoms with Crippen LogP contribution in [0.1, 0.15) is 41.4 Å². The molecule has 9 atom stereocenters. The third kappa shape index (κ3) is 8.46. The van der Waals surface area contributed by atoms with Gasteiger partial charge >= 0.3 is 23.9 Å². The van der Waals surface area contributed by atoms with Gasteiger partial charge in [0.1, 0.15) is 31.0 Å². The zero-order valence-corrected chi connectivity index (χ0v) is 28.5. The van der Waals surface area contributed by atoms with E-state index < -0.39 is 73.1 Å². The quantitative estimate of drug-likeness (QED) is 0.103. The number of carbonyl (C=O) groups is 4. The topological polar surface area (TPSA) is 155 Å². The predicted molar refractivity (Wildman–Crippen MR) is 183 cm³/mol. The number of methoxy groups -OCH3 is 1. The van der Waals surface area contributed by atoms with Gasteiger partial charge in [0.15, 0.2) is 30.9 Å². The Morgan fingerprint density at radius 1 is 0.566 bits per heavy atom. The summed E-state index contributed by atoms with van der Waals surface area (Å²) in [5.41, 5.74) is 1.11. The fourth-order valence-corrected chi connectivity index (χ4v) is 6.16. The maximum Gasteiger partial charge on any atom is 0.338 e. The van der Waals surface area contributed by atoms with E-state index in [0.29, 0.717) is 5.56 Å². The first-order valence-corrected chi connectivity index (χ1v) is 17.0. The number of rotatable bonds is 14. The summed E-state index contributed by atoms with van der Waals surface area (Å²) in [5.74, 6) is -2.68. The van der Waals surface area contributed by atoms with Gasteiger partial charge in [-0.1, -0.05) is 72.8 Å². The summed E-state index contributed by atoms with van der Waals surface area (Å²) in [6, 6.07) is 33.3. The average molecular weight is 725 g/mol. The average Bonchev–Trinajstić information content (AvgIpc) is 3.84. The van der Waals surface area contributed by atoms with Crippen molar-refractivity contribution >= 4 is 23.9 Å². The van der Waals surface area contributed by atoms with E-state index in [4.69, 9.17) is 42.6 Å². The number of carbonyl (C=O) groups excluding carboxylic acids is 4. The van der Waals surface area contributed by atoms with Crippen LogP contribution in [0.4, 0.5) is 0 Å². The van der Waals surface area contributed by atoms with Crippen LogP contribution in [0.3, 0.4) is 0 Å². The highest BCUT2D eigenvalue weighted by Crippen LogP contribution is 2.40. The second-order valence-electron chi connectivity index (χ2n) is 12.4. The summed E-state index contributed by atoms with van der Waals surface area (Å²) in [7, 11) is 1.34. The van der Waals surface area contributed by atoms with Gasteiger partial charge < -0.3 is 42.6 Å². The molecule has 0 radical (unpaired) electrons. The Bertz CT molecular complexity index is 1860. The van der Waals surface area contributed by atoms with E-state index in [9.17, 15) is 19.2 Å². The molecule has 3 aliphatic heterocycles. The van der Waals surface area contributed by atoms with Crippen LogP contribution in [0.25, 0.3) is 0 Å². The SMILES string of the molecule is CO[C@@H]1O[C@@H]([C@H](COC2O[C@H](COC(=O)c3ccccc3)[C@H]3O[C@@H]23)OC(=O)c2ccccc2)[C@H](OC(=O)c2ccccc2)[C@H]1OC(=O)c1ccccc1. The summed E-state index contributed by atoms with van der Waals surface area (Å²) in [5, 5.41) is 0. The molecule has 13 heteroatoms. The fraction of sp³-hybridized carbons (Fsp3) is 0.300. The van der Waals surface area contributed by atoms with Gasteiger partial charge in [-0.05, 0) is 48.5 Å². The molecule has 3 aliphatic rings. The summed E-state index contributed by atoms with van der Waals surface area (Å²) < 4.78 is 53.1. The van der Waals surface area contributed by atoms with Gasteiger partial charge in [0.25, 0.3) is 0 Å². The van der Waals surface area contributed by atoms with E-state index in [1.807, 2.05) is 0 Å². The standard InChI is InChI=1S/C40H36O13/c1-45-39-34(52-38(44)27-20-12-5-13-21-27)32(51-37(43)26-18-10-4-11-19-26)30(53-39)28(48-36(42)25-16-8-3-9-17-25)23-47-40-33-31(50-33)29(49-40)22-46-35(41)24-14-6-2-7-15-24/h2-21,28-34,39-40H,22-23H2,1H3/t28-,29+,30-,31+,32-,33+,34+,39+,40?/m0/s1. The highest BCUT2D eigenvalue weighted by Gasteiger charge is 2.60. The lowest BCUT2D eigenvalue weighted by Crippen LogP contribution is -2.47. The van der Waals surface area contributed by atoms with E-state index in [-0.39, 0.29) is 36.0 Å². The van der Waals surface area contributed by atoms with Crippen molar-refractivity contribution in [2.24, 2.45) is 0 Å². The number of hydrogen-bond donors (Lipinski definition) is 0. The zero-order valence-electron chi connectivity index (χ0n) is 28.5. The molecule has 3 heterocycles. The van der Waals surface area contributed by atoms with Gasteiger partial charge in [0.05, 0.1) is 28.9 Å². The van der Waals surface area contributed by atoms with Gasteiger partial charge in [0, 0.05) is 7.11 Å². The van der Waals surface area contributed by atoms with Crippen molar-refractivity contribution in [3.05, 3.63) is 144 Å². The van der Waals surface area contributed by atoms with Gasteiger partial charge in [-0.25, -0.2) is 19.2 Å². The van der Waals surface area contributed by atoms with Gasteiger partial charge in [-0.15, -0.1) is 0 Å². The van der Waals surface area contributed by atoms with Crippen LogP contribution in [0.2, 0.25) is 0 Å². The lowest BCUT2D eigenvalue weighted by molar-refractivity contribution is -0.208. The molecule has 0 aromatic heterocycles. The Hall–Kier alpha value is -5.44. The second-order valence-corrected chi connectivity index (χ2v) is 12.4. The minimum atomic E-state index is -1.34. The Morgan fingerprint density at radius 2 is 1.06 bits per heavy atom. The van der Waals surface area contributed by atoms with Gasteiger partial charge in [-0.3, -0.25) is 0 Å². The minimum absolute atomic E-state index is 0.0750. The molecule has 274 valence electrons. The first-order valence-electron chi connectivity index (χ1n) is 17.0.